The van der Waals surface area contributed by atoms with E-state index in [-0.39, 0.29) is 34.1 Å². The van der Waals surface area contributed by atoms with Crippen molar-refractivity contribution in [1.29, 1.82) is 0 Å². The van der Waals surface area contributed by atoms with Crippen molar-refractivity contribution in [3.63, 3.8) is 0 Å². The first-order chi connectivity index (χ1) is 12.5. The lowest BCUT2D eigenvalue weighted by atomic mass is 10.0. The molecule has 1 N–H and O–H groups in total. The third-order valence-electron chi connectivity index (χ3n) is 3.75. The van der Waals surface area contributed by atoms with E-state index >= 15 is 0 Å². The first-order valence-corrected chi connectivity index (χ1v) is 8.07. The summed E-state index contributed by atoms with van der Waals surface area (Å²) in [5.74, 6) is -0.288. The summed E-state index contributed by atoms with van der Waals surface area (Å²) in [6.07, 6.45) is 1.59. The molecular formula is C18H15ClFN3O3. The summed E-state index contributed by atoms with van der Waals surface area (Å²) in [7, 11) is 1.52. The number of aromatic nitrogens is 2. The molecule has 0 spiro atoms. The summed E-state index contributed by atoms with van der Waals surface area (Å²) in [5.41, 5.74) is 1.01. The Kier molecular flexibility index (Phi) is 5.18. The van der Waals surface area contributed by atoms with Gasteiger partial charge in [0.2, 0.25) is 5.88 Å². The maximum atomic E-state index is 14.2. The number of nitrogens with one attached hydrogen (secondary N) is 1. The van der Waals surface area contributed by atoms with Gasteiger partial charge < -0.3 is 14.6 Å². The van der Waals surface area contributed by atoms with Crippen LogP contribution in [0.1, 0.15) is 21.7 Å². The topological polar surface area (TPSA) is 77.2 Å². The summed E-state index contributed by atoms with van der Waals surface area (Å²) in [6, 6.07) is 7.72. The quantitative estimate of drug-likeness (QED) is 0.734. The zero-order valence-corrected chi connectivity index (χ0v) is 14.8. The van der Waals surface area contributed by atoms with Gasteiger partial charge in [-0.05, 0) is 24.6 Å². The average Bonchev–Trinajstić information content (AvgIpc) is 3.01. The smallest absolute Gasteiger partial charge is 0.257 e. The number of aryl methyl sites for hydroxylation is 1. The van der Waals surface area contributed by atoms with Crippen LogP contribution in [-0.4, -0.2) is 23.2 Å². The van der Waals surface area contributed by atoms with Crippen LogP contribution in [0, 0.1) is 12.7 Å². The van der Waals surface area contributed by atoms with Crippen molar-refractivity contribution >= 4 is 17.5 Å². The Hall–Kier alpha value is -2.93. The van der Waals surface area contributed by atoms with Gasteiger partial charge in [0.15, 0.2) is 0 Å². The van der Waals surface area contributed by atoms with Gasteiger partial charge in [-0.15, -0.1) is 0 Å². The number of benzene rings is 1. The van der Waals surface area contributed by atoms with E-state index in [2.05, 4.69) is 15.5 Å². The van der Waals surface area contributed by atoms with Crippen molar-refractivity contribution in [1.82, 2.24) is 15.5 Å². The summed E-state index contributed by atoms with van der Waals surface area (Å²) in [4.78, 5) is 16.7. The zero-order chi connectivity index (χ0) is 18.7. The number of hydrogen-bond donors (Lipinski definition) is 1. The van der Waals surface area contributed by atoms with Crippen LogP contribution >= 0.6 is 11.6 Å². The van der Waals surface area contributed by atoms with E-state index in [1.807, 2.05) is 0 Å². The summed E-state index contributed by atoms with van der Waals surface area (Å²) in [5, 5.41) is 6.71. The second-order valence-corrected chi connectivity index (χ2v) is 5.86. The number of halogens is 2. The monoisotopic (exact) mass is 375 g/mol. The highest BCUT2D eigenvalue weighted by Gasteiger charge is 2.25. The lowest BCUT2D eigenvalue weighted by molar-refractivity contribution is 0.0950. The molecule has 2 aromatic heterocycles. The van der Waals surface area contributed by atoms with Crippen molar-refractivity contribution in [2.45, 2.75) is 13.5 Å². The Morgan fingerprint density at radius 2 is 2.15 bits per heavy atom. The predicted octanol–water partition coefficient (Wildman–Crippen LogP) is 3.78. The van der Waals surface area contributed by atoms with Crippen LogP contribution in [0.15, 0.2) is 41.1 Å². The highest BCUT2D eigenvalue weighted by atomic mass is 35.5. The van der Waals surface area contributed by atoms with Gasteiger partial charge in [-0.25, -0.2) is 9.37 Å². The molecule has 0 atom stereocenters. The average molecular weight is 376 g/mol. The molecule has 0 aliphatic rings. The maximum absolute atomic E-state index is 14.2. The minimum absolute atomic E-state index is 0.0299. The van der Waals surface area contributed by atoms with Crippen molar-refractivity contribution < 1.29 is 18.4 Å². The highest BCUT2D eigenvalue weighted by Crippen LogP contribution is 2.33. The fourth-order valence-corrected chi connectivity index (χ4v) is 2.69. The maximum Gasteiger partial charge on any atom is 0.257 e. The van der Waals surface area contributed by atoms with Crippen molar-refractivity contribution in [2.75, 3.05) is 7.11 Å². The molecule has 0 saturated heterocycles. The minimum Gasteiger partial charge on any atom is -0.481 e. The second kappa shape index (κ2) is 7.53. The van der Waals surface area contributed by atoms with Crippen molar-refractivity contribution in [3.8, 4) is 17.1 Å². The molecule has 3 rings (SSSR count). The van der Waals surface area contributed by atoms with Crippen LogP contribution in [0.25, 0.3) is 11.3 Å². The fourth-order valence-electron chi connectivity index (χ4n) is 2.44. The molecule has 1 aromatic carbocycles. The second-order valence-electron chi connectivity index (χ2n) is 5.45. The van der Waals surface area contributed by atoms with Gasteiger partial charge in [-0.3, -0.25) is 4.79 Å². The molecule has 0 unspecified atom stereocenters. The number of nitrogens with zero attached hydrogens (tertiary/aromatic N) is 2. The molecule has 0 aliphatic heterocycles. The molecule has 0 fully saturated rings. The van der Waals surface area contributed by atoms with Crippen LogP contribution in [0.4, 0.5) is 4.39 Å². The number of carbonyl (C=O) groups excluding carboxylic acids is 1. The molecule has 0 radical (unpaired) electrons. The lowest BCUT2D eigenvalue weighted by Gasteiger charge is -2.08. The Bertz CT molecular complexity index is 921. The lowest BCUT2D eigenvalue weighted by Crippen LogP contribution is -2.23. The predicted molar refractivity (Wildman–Crippen MR) is 93.6 cm³/mol. The molecular weight excluding hydrogens is 361 g/mol. The molecule has 0 bridgehead atoms. The zero-order valence-electron chi connectivity index (χ0n) is 14.0. The Morgan fingerprint density at radius 3 is 2.81 bits per heavy atom. The van der Waals surface area contributed by atoms with Crippen molar-refractivity contribution in [3.05, 3.63) is 64.3 Å². The third kappa shape index (κ3) is 3.52. The van der Waals surface area contributed by atoms with Crippen LogP contribution in [0.2, 0.25) is 5.02 Å². The molecule has 8 heteroatoms. The molecule has 1 amide bonds. The largest absolute Gasteiger partial charge is 0.481 e. The van der Waals surface area contributed by atoms with Crippen LogP contribution in [-0.2, 0) is 6.54 Å². The Balaban J connectivity index is 1.85. The molecule has 3 aromatic rings. The summed E-state index contributed by atoms with van der Waals surface area (Å²) < 4.78 is 24.3. The van der Waals surface area contributed by atoms with Gasteiger partial charge in [0.05, 0.1) is 17.7 Å². The third-order valence-corrected chi connectivity index (χ3v) is 4.06. The van der Waals surface area contributed by atoms with Gasteiger partial charge >= 0.3 is 0 Å². The van der Waals surface area contributed by atoms with E-state index in [1.165, 1.54) is 25.3 Å². The van der Waals surface area contributed by atoms with Crippen molar-refractivity contribution in [2.24, 2.45) is 0 Å². The number of ether oxygens (including phenoxy) is 1. The SMILES string of the molecule is COc1ccc(CNC(=O)c2c(-c3c(F)cccc3Cl)noc2C)cn1. The molecule has 2 heterocycles. The highest BCUT2D eigenvalue weighted by molar-refractivity contribution is 6.33. The van der Waals surface area contributed by atoms with Crippen LogP contribution in [0.5, 0.6) is 5.88 Å². The molecule has 6 nitrogen and oxygen atoms in total. The molecule has 0 saturated carbocycles. The summed E-state index contributed by atoms with van der Waals surface area (Å²) >= 11 is 6.08. The van der Waals surface area contributed by atoms with E-state index < -0.39 is 11.7 Å². The van der Waals surface area contributed by atoms with E-state index in [9.17, 15) is 9.18 Å². The molecule has 134 valence electrons. The first kappa shape index (κ1) is 17.9. The van der Waals surface area contributed by atoms with E-state index in [0.717, 1.165) is 5.56 Å². The van der Waals surface area contributed by atoms with Crippen LogP contribution in [0.3, 0.4) is 0 Å². The number of methoxy groups -OCH3 is 1. The number of carbonyl (C=O) groups is 1. The number of hydrogen-bond acceptors (Lipinski definition) is 5. The van der Waals surface area contributed by atoms with Gasteiger partial charge in [0.25, 0.3) is 5.91 Å². The van der Waals surface area contributed by atoms with Gasteiger partial charge in [-0.2, -0.15) is 0 Å². The Morgan fingerprint density at radius 1 is 1.35 bits per heavy atom. The summed E-state index contributed by atoms with van der Waals surface area (Å²) in [6.45, 7) is 1.81. The van der Waals surface area contributed by atoms with E-state index in [4.69, 9.17) is 20.9 Å². The molecule has 26 heavy (non-hydrogen) atoms. The standard InChI is InChI=1S/C18H15ClFN3O3/c1-10-15(17(23-26-10)16-12(19)4-3-5-13(16)20)18(24)22-9-11-6-7-14(25-2)21-8-11/h3-8H,9H2,1-2H3,(H,22,24). The van der Waals surface area contributed by atoms with E-state index in [0.29, 0.717) is 5.88 Å². The van der Waals surface area contributed by atoms with E-state index in [1.54, 1.807) is 25.3 Å². The van der Waals surface area contributed by atoms with Crippen LogP contribution < -0.4 is 10.1 Å². The first-order valence-electron chi connectivity index (χ1n) is 7.69. The van der Waals surface area contributed by atoms with Gasteiger partial charge in [0, 0.05) is 18.8 Å². The number of amides is 1. The van der Waals surface area contributed by atoms with Gasteiger partial charge in [-0.1, -0.05) is 28.9 Å². The normalized spacial score (nSPS) is 10.6. The molecule has 0 aliphatic carbocycles. The van der Waals surface area contributed by atoms with Gasteiger partial charge in [0.1, 0.15) is 22.8 Å². The number of pyridine rings is 1. The fraction of sp³-hybridized carbons (Fsp3) is 0.167. The Labute approximate surface area is 153 Å². The minimum atomic E-state index is -0.584. The number of rotatable bonds is 5.